The maximum atomic E-state index is 3.67. The van der Waals surface area contributed by atoms with E-state index in [0.717, 1.165) is 10.7 Å². The lowest BCUT2D eigenvalue weighted by molar-refractivity contribution is 0.497. The van der Waals surface area contributed by atoms with Crippen molar-refractivity contribution >= 4 is 31.9 Å². The summed E-state index contributed by atoms with van der Waals surface area (Å²) in [7, 11) is 0. The first-order chi connectivity index (χ1) is 7.18. The van der Waals surface area contributed by atoms with Crippen LogP contribution in [0.4, 0.5) is 0 Å². The first-order valence-electron chi connectivity index (χ1n) is 5.37. The molecule has 0 bridgehead atoms. The van der Waals surface area contributed by atoms with Crippen molar-refractivity contribution in [1.29, 1.82) is 0 Å². The van der Waals surface area contributed by atoms with Gasteiger partial charge in [-0.2, -0.15) is 0 Å². The highest BCUT2D eigenvalue weighted by Crippen LogP contribution is 2.33. The molecule has 0 heterocycles. The number of halogens is 2. The van der Waals surface area contributed by atoms with Crippen LogP contribution in [0, 0.1) is 6.92 Å². The maximum Gasteiger partial charge on any atom is 0.0147 e. The third kappa shape index (κ3) is 3.07. The lowest BCUT2D eigenvalue weighted by atomic mass is 9.80. The molecule has 0 saturated heterocycles. The van der Waals surface area contributed by atoms with E-state index in [0.29, 0.717) is 0 Å². The molecule has 0 aliphatic rings. The molecular formula is C13H18Br2. The summed E-state index contributed by atoms with van der Waals surface area (Å²) in [5.41, 5.74) is 3.04. The Hall–Kier alpha value is 0.180. The minimum atomic E-state index is 0.251. The van der Waals surface area contributed by atoms with Crippen molar-refractivity contribution in [3.8, 4) is 0 Å². The van der Waals surface area contributed by atoms with E-state index in [9.17, 15) is 0 Å². The van der Waals surface area contributed by atoms with Crippen LogP contribution in [0.15, 0.2) is 24.3 Å². The van der Waals surface area contributed by atoms with Crippen molar-refractivity contribution in [3.05, 3.63) is 35.4 Å². The SMILES string of the molecule is CCCC(CBr)(CBr)c1cccc(C)c1. The van der Waals surface area contributed by atoms with Crippen molar-refractivity contribution in [2.75, 3.05) is 10.7 Å². The third-order valence-electron chi connectivity index (χ3n) is 2.87. The van der Waals surface area contributed by atoms with Crippen LogP contribution in [0.1, 0.15) is 30.9 Å². The minimum Gasteiger partial charge on any atom is -0.0918 e. The molecule has 0 N–H and O–H groups in total. The van der Waals surface area contributed by atoms with Gasteiger partial charge in [-0.05, 0) is 18.9 Å². The fourth-order valence-corrected chi connectivity index (χ4v) is 4.06. The molecule has 0 atom stereocenters. The first kappa shape index (κ1) is 13.2. The topological polar surface area (TPSA) is 0 Å². The van der Waals surface area contributed by atoms with Crippen LogP contribution in [0.2, 0.25) is 0 Å². The second kappa shape index (κ2) is 6.05. The van der Waals surface area contributed by atoms with Gasteiger partial charge >= 0.3 is 0 Å². The van der Waals surface area contributed by atoms with Gasteiger partial charge in [0.1, 0.15) is 0 Å². The highest BCUT2D eigenvalue weighted by molar-refractivity contribution is 9.09. The van der Waals surface area contributed by atoms with Crippen LogP contribution in [0.25, 0.3) is 0 Å². The Labute approximate surface area is 110 Å². The summed E-state index contributed by atoms with van der Waals surface area (Å²) in [6.45, 7) is 4.40. The van der Waals surface area contributed by atoms with E-state index in [1.807, 2.05) is 0 Å². The number of aryl methyl sites for hydroxylation is 1. The predicted octanol–water partition coefficient (Wildman–Crippen LogP) is 4.82. The molecule has 0 spiro atoms. The Balaban J connectivity index is 3.07. The standard InChI is InChI=1S/C13H18Br2/c1-3-7-13(9-14,10-15)12-6-4-5-11(2)8-12/h4-6,8H,3,7,9-10H2,1-2H3. The van der Waals surface area contributed by atoms with E-state index in [2.05, 4.69) is 70.0 Å². The lowest BCUT2D eigenvalue weighted by Crippen LogP contribution is -2.30. The van der Waals surface area contributed by atoms with E-state index in [1.165, 1.54) is 24.0 Å². The van der Waals surface area contributed by atoms with E-state index in [1.54, 1.807) is 0 Å². The fourth-order valence-electron chi connectivity index (χ4n) is 1.92. The van der Waals surface area contributed by atoms with Gasteiger partial charge in [-0.15, -0.1) is 0 Å². The molecule has 0 radical (unpaired) electrons. The zero-order chi connectivity index (χ0) is 11.3. The Morgan fingerprint density at radius 3 is 2.33 bits per heavy atom. The summed E-state index contributed by atoms with van der Waals surface area (Å²) in [5.74, 6) is 0. The zero-order valence-corrected chi connectivity index (χ0v) is 12.6. The van der Waals surface area contributed by atoms with Gasteiger partial charge in [-0.3, -0.25) is 0 Å². The Bertz CT molecular complexity index is 303. The number of benzene rings is 1. The molecule has 0 nitrogen and oxygen atoms in total. The number of rotatable bonds is 5. The van der Waals surface area contributed by atoms with Gasteiger partial charge in [-0.1, -0.05) is 75.0 Å². The number of hydrogen-bond donors (Lipinski definition) is 0. The zero-order valence-electron chi connectivity index (χ0n) is 9.39. The monoisotopic (exact) mass is 332 g/mol. The second-order valence-corrected chi connectivity index (χ2v) is 5.29. The van der Waals surface area contributed by atoms with Crippen molar-refractivity contribution < 1.29 is 0 Å². The average molecular weight is 334 g/mol. The molecular weight excluding hydrogens is 316 g/mol. The lowest BCUT2D eigenvalue weighted by Gasteiger charge is -2.30. The van der Waals surface area contributed by atoms with Gasteiger partial charge < -0.3 is 0 Å². The smallest absolute Gasteiger partial charge is 0.0147 e. The van der Waals surface area contributed by atoms with Crippen molar-refractivity contribution in [2.24, 2.45) is 0 Å². The molecule has 0 aliphatic carbocycles. The molecule has 15 heavy (non-hydrogen) atoms. The fraction of sp³-hybridized carbons (Fsp3) is 0.538. The molecule has 2 heteroatoms. The summed E-state index contributed by atoms with van der Waals surface area (Å²) < 4.78 is 0. The second-order valence-electron chi connectivity index (χ2n) is 4.17. The predicted molar refractivity (Wildman–Crippen MR) is 75.4 cm³/mol. The van der Waals surface area contributed by atoms with Gasteiger partial charge in [0, 0.05) is 16.1 Å². The Morgan fingerprint density at radius 1 is 1.20 bits per heavy atom. The van der Waals surface area contributed by atoms with E-state index in [4.69, 9.17) is 0 Å². The molecule has 0 unspecified atom stereocenters. The summed E-state index contributed by atoms with van der Waals surface area (Å²) in [6.07, 6.45) is 2.43. The summed E-state index contributed by atoms with van der Waals surface area (Å²) in [5, 5.41) is 2.03. The summed E-state index contributed by atoms with van der Waals surface area (Å²) in [6, 6.07) is 8.85. The molecule has 0 aromatic heterocycles. The largest absolute Gasteiger partial charge is 0.0918 e. The molecule has 1 aromatic carbocycles. The number of alkyl halides is 2. The quantitative estimate of drug-likeness (QED) is 0.677. The van der Waals surface area contributed by atoms with Crippen LogP contribution in [0.3, 0.4) is 0 Å². The van der Waals surface area contributed by atoms with Crippen molar-refractivity contribution in [3.63, 3.8) is 0 Å². The van der Waals surface area contributed by atoms with Crippen molar-refractivity contribution in [1.82, 2.24) is 0 Å². The molecule has 1 aromatic rings. The van der Waals surface area contributed by atoms with Gasteiger partial charge in [0.25, 0.3) is 0 Å². The van der Waals surface area contributed by atoms with Crippen LogP contribution in [0.5, 0.6) is 0 Å². The highest BCUT2D eigenvalue weighted by atomic mass is 79.9. The van der Waals surface area contributed by atoms with Gasteiger partial charge in [0.2, 0.25) is 0 Å². The summed E-state index contributed by atoms with van der Waals surface area (Å²) >= 11 is 7.33. The van der Waals surface area contributed by atoms with Crippen LogP contribution in [-0.2, 0) is 5.41 Å². The Kier molecular flexibility index (Phi) is 5.34. The van der Waals surface area contributed by atoms with Gasteiger partial charge in [-0.25, -0.2) is 0 Å². The minimum absolute atomic E-state index is 0.251. The van der Waals surface area contributed by atoms with Crippen LogP contribution < -0.4 is 0 Å². The molecule has 0 fully saturated rings. The molecule has 1 rings (SSSR count). The average Bonchev–Trinajstić information content (AvgIpc) is 2.26. The van der Waals surface area contributed by atoms with Crippen LogP contribution >= 0.6 is 31.9 Å². The normalized spacial score (nSPS) is 11.7. The van der Waals surface area contributed by atoms with E-state index >= 15 is 0 Å². The van der Waals surface area contributed by atoms with Gasteiger partial charge in [0.05, 0.1) is 0 Å². The van der Waals surface area contributed by atoms with Gasteiger partial charge in [0.15, 0.2) is 0 Å². The maximum absolute atomic E-state index is 3.67. The third-order valence-corrected chi connectivity index (χ3v) is 5.02. The van der Waals surface area contributed by atoms with E-state index < -0.39 is 0 Å². The van der Waals surface area contributed by atoms with E-state index in [-0.39, 0.29) is 5.41 Å². The molecule has 84 valence electrons. The van der Waals surface area contributed by atoms with Crippen LogP contribution in [-0.4, -0.2) is 10.7 Å². The van der Waals surface area contributed by atoms with Crippen molar-refractivity contribution in [2.45, 2.75) is 32.1 Å². The molecule has 0 amide bonds. The summed E-state index contributed by atoms with van der Waals surface area (Å²) in [4.78, 5) is 0. The number of hydrogen-bond acceptors (Lipinski definition) is 0. The first-order valence-corrected chi connectivity index (χ1v) is 7.62. The molecule has 0 saturated carbocycles. The highest BCUT2D eigenvalue weighted by Gasteiger charge is 2.28. The Morgan fingerprint density at radius 2 is 1.87 bits per heavy atom. The molecule has 0 aliphatic heterocycles.